The molecule has 0 atom stereocenters. The van der Waals surface area contributed by atoms with Crippen molar-refractivity contribution in [3.8, 4) is 0 Å². The van der Waals surface area contributed by atoms with Gasteiger partial charge in [-0.1, -0.05) is 30.3 Å². The van der Waals surface area contributed by atoms with Crippen LogP contribution in [0.25, 0.3) is 0 Å². The molecule has 0 saturated carbocycles. The van der Waals surface area contributed by atoms with E-state index in [2.05, 4.69) is 17.4 Å². The summed E-state index contributed by atoms with van der Waals surface area (Å²) in [5.41, 5.74) is 4.67. The Kier molecular flexibility index (Phi) is 4.74. The van der Waals surface area contributed by atoms with Crippen LogP contribution < -0.4 is 5.32 Å². The van der Waals surface area contributed by atoms with Crippen LogP contribution in [0.4, 0.5) is 10.5 Å². The molecule has 5 heteroatoms. The van der Waals surface area contributed by atoms with E-state index < -0.39 is 0 Å². The lowest BCUT2D eigenvalue weighted by molar-refractivity contribution is 0.0827. The first-order valence-electron chi connectivity index (χ1n) is 8.40. The van der Waals surface area contributed by atoms with E-state index in [1.807, 2.05) is 30.0 Å². The average Bonchev–Trinajstić information content (AvgIpc) is 2.62. The molecule has 130 valence electrons. The maximum Gasteiger partial charge on any atom is 0.322 e. The third-order valence-corrected chi connectivity index (χ3v) is 4.55. The molecule has 1 aliphatic rings. The standard InChI is InChI=1S/C20H23N3O2/c1-14-8-9-16(19(24)22(2)3)12-18(14)21-20(25)23-11-10-15-6-4-5-7-17(15)13-23/h4-9,12H,10-11,13H2,1-3H3,(H,21,25). The quantitative estimate of drug-likeness (QED) is 0.914. The normalized spacial score (nSPS) is 13.2. The number of hydrogen-bond donors (Lipinski definition) is 1. The predicted molar refractivity (Wildman–Crippen MR) is 98.8 cm³/mol. The molecule has 1 aliphatic heterocycles. The fourth-order valence-corrected chi connectivity index (χ4v) is 3.01. The van der Waals surface area contributed by atoms with E-state index in [4.69, 9.17) is 0 Å². The first kappa shape index (κ1) is 17.0. The van der Waals surface area contributed by atoms with Crippen LogP contribution in [-0.4, -0.2) is 42.4 Å². The molecule has 2 aromatic carbocycles. The van der Waals surface area contributed by atoms with Crippen LogP contribution in [0.5, 0.6) is 0 Å². The SMILES string of the molecule is Cc1ccc(C(=O)N(C)C)cc1NC(=O)N1CCc2ccccc2C1. The zero-order valence-electron chi connectivity index (χ0n) is 14.9. The molecule has 0 unspecified atom stereocenters. The Morgan fingerprint density at radius 1 is 1.08 bits per heavy atom. The number of carbonyl (C=O) groups is 2. The highest BCUT2D eigenvalue weighted by molar-refractivity contribution is 5.97. The lowest BCUT2D eigenvalue weighted by Crippen LogP contribution is -2.39. The average molecular weight is 337 g/mol. The summed E-state index contributed by atoms with van der Waals surface area (Å²) in [7, 11) is 3.43. The van der Waals surface area contributed by atoms with Crippen LogP contribution in [0.3, 0.4) is 0 Å². The lowest BCUT2D eigenvalue weighted by Gasteiger charge is -2.29. The van der Waals surface area contributed by atoms with Crippen molar-refractivity contribution in [2.24, 2.45) is 0 Å². The highest BCUT2D eigenvalue weighted by Crippen LogP contribution is 2.22. The summed E-state index contributed by atoms with van der Waals surface area (Å²) < 4.78 is 0. The number of nitrogens with zero attached hydrogens (tertiary/aromatic N) is 2. The number of hydrogen-bond acceptors (Lipinski definition) is 2. The van der Waals surface area contributed by atoms with Gasteiger partial charge in [0.05, 0.1) is 0 Å². The fraction of sp³-hybridized carbons (Fsp3) is 0.300. The molecule has 3 amide bonds. The van der Waals surface area contributed by atoms with Crippen LogP contribution in [0, 0.1) is 6.92 Å². The molecular formula is C20H23N3O2. The second-order valence-electron chi connectivity index (χ2n) is 6.60. The summed E-state index contributed by atoms with van der Waals surface area (Å²) in [4.78, 5) is 28.1. The molecule has 0 radical (unpaired) electrons. The lowest BCUT2D eigenvalue weighted by atomic mass is 10.0. The van der Waals surface area contributed by atoms with Gasteiger partial charge in [-0.25, -0.2) is 4.79 Å². The van der Waals surface area contributed by atoms with E-state index >= 15 is 0 Å². The molecule has 0 spiro atoms. The van der Waals surface area contributed by atoms with Gasteiger partial charge in [0.2, 0.25) is 0 Å². The van der Waals surface area contributed by atoms with Gasteiger partial charge in [-0.2, -0.15) is 0 Å². The van der Waals surface area contributed by atoms with E-state index in [0.29, 0.717) is 24.3 Å². The maximum absolute atomic E-state index is 12.7. The highest BCUT2D eigenvalue weighted by atomic mass is 16.2. The molecule has 0 fully saturated rings. The fourth-order valence-electron chi connectivity index (χ4n) is 3.01. The molecule has 0 aliphatic carbocycles. The van der Waals surface area contributed by atoms with Crippen molar-refractivity contribution >= 4 is 17.6 Å². The number of nitrogens with one attached hydrogen (secondary N) is 1. The zero-order valence-corrected chi connectivity index (χ0v) is 14.9. The van der Waals surface area contributed by atoms with Crippen LogP contribution in [0.15, 0.2) is 42.5 Å². The van der Waals surface area contributed by atoms with E-state index in [1.165, 1.54) is 16.0 Å². The summed E-state index contributed by atoms with van der Waals surface area (Å²) in [6.45, 7) is 3.22. The molecule has 0 saturated heterocycles. The number of rotatable bonds is 2. The van der Waals surface area contributed by atoms with Crippen LogP contribution in [0.1, 0.15) is 27.0 Å². The first-order valence-corrected chi connectivity index (χ1v) is 8.40. The number of urea groups is 1. The van der Waals surface area contributed by atoms with Crippen molar-refractivity contribution in [3.05, 3.63) is 64.7 Å². The van der Waals surface area contributed by atoms with Crippen molar-refractivity contribution in [1.29, 1.82) is 0 Å². The topological polar surface area (TPSA) is 52.7 Å². The Balaban J connectivity index is 1.75. The van der Waals surface area contributed by atoms with Crippen LogP contribution in [-0.2, 0) is 13.0 Å². The van der Waals surface area contributed by atoms with Gasteiger partial charge in [0.1, 0.15) is 0 Å². The van der Waals surface area contributed by atoms with Gasteiger partial charge >= 0.3 is 6.03 Å². The van der Waals surface area contributed by atoms with E-state index in [9.17, 15) is 9.59 Å². The van der Waals surface area contributed by atoms with Crippen molar-refractivity contribution in [1.82, 2.24) is 9.80 Å². The Labute approximate surface area is 148 Å². The first-order chi connectivity index (χ1) is 12.0. The number of amides is 3. The van der Waals surface area contributed by atoms with Crippen molar-refractivity contribution < 1.29 is 9.59 Å². The summed E-state index contributed by atoms with van der Waals surface area (Å²) in [6, 6.07) is 13.5. The Morgan fingerprint density at radius 2 is 1.80 bits per heavy atom. The van der Waals surface area contributed by atoms with Gasteiger partial charge in [-0.15, -0.1) is 0 Å². The molecule has 0 bridgehead atoms. The minimum absolute atomic E-state index is 0.0811. The molecule has 1 heterocycles. The van der Waals surface area contributed by atoms with Crippen molar-refractivity contribution in [2.45, 2.75) is 19.9 Å². The van der Waals surface area contributed by atoms with Crippen molar-refractivity contribution in [2.75, 3.05) is 26.0 Å². The second-order valence-corrected chi connectivity index (χ2v) is 6.60. The molecule has 5 nitrogen and oxygen atoms in total. The third kappa shape index (κ3) is 3.65. The summed E-state index contributed by atoms with van der Waals surface area (Å²) in [5, 5.41) is 2.96. The minimum Gasteiger partial charge on any atom is -0.345 e. The van der Waals surface area contributed by atoms with Gasteiger partial charge in [-0.05, 0) is 42.2 Å². The summed E-state index contributed by atoms with van der Waals surface area (Å²) >= 11 is 0. The smallest absolute Gasteiger partial charge is 0.322 e. The van der Waals surface area contributed by atoms with Gasteiger partial charge in [0, 0.05) is 38.4 Å². The second kappa shape index (κ2) is 6.97. The van der Waals surface area contributed by atoms with Gasteiger partial charge < -0.3 is 15.1 Å². The summed E-state index contributed by atoms with van der Waals surface area (Å²) in [5.74, 6) is -0.0811. The van der Waals surface area contributed by atoms with Gasteiger partial charge in [0.25, 0.3) is 5.91 Å². The molecule has 0 aromatic heterocycles. The number of carbonyl (C=O) groups excluding carboxylic acids is 2. The van der Waals surface area contributed by atoms with Crippen molar-refractivity contribution in [3.63, 3.8) is 0 Å². The third-order valence-electron chi connectivity index (χ3n) is 4.55. The predicted octanol–water partition coefficient (Wildman–Crippen LogP) is 3.29. The van der Waals surface area contributed by atoms with E-state index in [-0.39, 0.29) is 11.9 Å². The Morgan fingerprint density at radius 3 is 2.52 bits per heavy atom. The van der Waals surface area contributed by atoms with Gasteiger partial charge in [0.15, 0.2) is 0 Å². The zero-order chi connectivity index (χ0) is 18.0. The molecule has 3 rings (SSSR count). The monoisotopic (exact) mass is 337 g/mol. The molecular weight excluding hydrogens is 314 g/mol. The van der Waals surface area contributed by atoms with Crippen LogP contribution in [0.2, 0.25) is 0 Å². The number of fused-ring (bicyclic) bond motifs is 1. The Hall–Kier alpha value is -2.82. The number of benzene rings is 2. The largest absolute Gasteiger partial charge is 0.345 e. The molecule has 2 aromatic rings. The molecule has 1 N–H and O–H groups in total. The van der Waals surface area contributed by atoms with Gasteiger partial charge in [-0.3, -0.25) is 4.79 Å². The van der Waals surface area contributed by atoms with E-state index in [0.717, 1.165) is 12.0 Å². The number of anilines is 1. The van der Waals surface area contributed by atoms with E-state index in [1.54, 1.807) is 26.2 Å². The summed E-state index contributed by atoms with van der Waals surface area (Å²) in [6.07, 6.45) is 0.863. The minimum atomic E-state index is -0.132. The number of aryl methyl sites for hydroxylation is 1. The highest BCUT2D eigenvalue weighted by Gasteiger charge is 2.21. The maximum atomic E-state index is 12.7. The molecule has 25 heavy (non-hydrogen) atoms. The Bertz CT molecular complexity index is 814. The van der Waals surface area contributed by atoms with Crippen LogP contribution >= 0.6 is 0 Å².